The second-order valence-electron chi connectivity index (χ2n) is 7.69. The molecule has 1 aromatic heterocycles. The fourth-order valence-corrected chi connectivity index (χ4v) is 8.89. The van der Waals surface area contributed by atoms with Gasteiger partial charge in [-0.1, -0.05) is 81.4 Å². The molecule has 146 valence electrons. The summed E-state index contributed by atoms with van der Waals surface area (Å²) < 4.78 is 6.80. The molecule has 0 saturated carbocycles. The molecule has 0 amide bonds. The molecule has 6 heteroatoms. The normalized spacial score (nSPS) is 12.1. The summed E-state index contributed by atoms with van der Waals surface area (Å²) in [5.74, 6) is -0.990. The Labute approximate surface area is 171 Å². The molecule has 0 aliphatic carbocycles. The monoisotopic (exact) mass is 411 g/mol. The molecule has 3 rings (SSSR count). The number of carbonyl (C=O) groups is 1. The van der Waals surface area contributed by atoms with E-state index in [-0.39, 0.29) is 10.7 Å². The Bertz CT molecular complexity index is 880. The SMILES string of the molecule is CC(C)(C)[Si](OCCc1nc(C(=O)O)cs1)(c1ccccc1)c1ccccc1. The summed E-state index contributed by atoms with van der Waals surface area (Å²) in [6, 6.07) is 21.0. The second kappa shape index (κ2) is 8.39. The van der Waals surface area contributed by atoms with Gasteiger partial charge in [0.1, 0.15) is 0 Å². The van der Waals surface area contributed by atoms with Crippen molar-refractivity contribution in [3.63, 3.8) is 0 Å². The Kier molecular flexibility index (Phi) is 6.13. The number of nitrogens with zero attached hydrogens (tertiary/aromatic N) is 1. The quantitative estimate of drug-likeness (QED) is 0.598. The first-order valence-corrected chi connectivity index (χ1v) is 12.1. The van der Waals surface area contributed by atoms with Crippen molar-refractivity contribution in [2.24, 2.45) is 0 Å². The lowest BCUT2D eigenvalue weighted by atomic mass is 10.2. The van der Waals surface area contributed by atoms with Crippen molar-refractivity contribution in [2.75, 3.05) is 6.61 Å². The number of rotatable bonds is 7. The Morgan fingerprint density at radius 1 is 1.04 bits per heavy atom. The van der Waals surface area contributed by atoms with E-state index in [1.54, 1.807) is 5.38 Å². The van der Waals surface area contributed by atoms with Crippen LogP contribution < -0.4 is 10.4 Å². The van der Waals surface area contributed by atoms with E-state index in [2.05, 4.69) is 74.3 Å². The van der Waals surface area contributed by atoms with Crippen molar-refractivity contribution in [1.29, 1.82) is 0 Å². The summed E-state index contributed by atoms with van der Waals surface area (Å²) in [5.41, 5.74) is 0.102. The molecule has 0 bridgehead atoms. The molecule has 0 aliphatic heterocycles. The number of hydrogen-bond acceptors (Lipinski definition) is 4. The fraction of sp³-hybridized carbons (Fsp3) is 0.273. The maximum absolute atomic E-state index is 11.1. The van der Waals surface area contributed by atoms with E-state index >= 15 is 0 Å². The lowest BCUT2D eigenvalue weighted by molar-refractivity contribution is 0.0691. The zero-order valence-electron chi connectivity index (χ0n) is 16.4. The number of aromatic carboxylic acids is 1. The van der Waals surface area contributed by atoms with Crippen LogP contribution in [0, 0.1) is 0 Å². The van der Waals surface area contributed by atoms with Crippen LogP contribution in [0.1, 0.15) is 36.3 Å². The maximum atomic E-state index is 11.1. The molecule has 0 fully saturated rings. The number of benzene rings is 2. The molecule has 0 spiro atoms. The number of hydrogen-bond donors (Lipinski definition) is 1. The summed E-state index contributed by atoms with van der Waals surface area (Å²) in [5, 5.41) is 13.8. The van der Waals surface area contributed by atoms with Gasteiger partial charge >= 0.3 is 5.97 Å². The van der Waals surface area contributed by atoms with Crippen molar-refractivity contribution in [3.05, 3.63) is 76.7 Å². The number of carboxylic acid groups (broad SMARTS) is 1. The Hall–Kier alpha value is -2.28. The molecule has 3 aromatic rings. The smallest absolute Gasteiger partial charge is 0.355 e. The average molecular weight is 412 g/mol. The highest BCUT2D eigenvalue weighted by atomic mass is 32.1. The minimum Gasteiger partial charge on any atom is -0.476 e. The first kappa shape index (κ1) is 20.5. The minimum atomic E-state index is -2.56. The lowest BCUT2D eigenvalue weighted by Crippen LogP contribution is -2.66. The molecular formula is C22H25NO3SSi. The molecule has 0 aliphatic rings. The van der Waals surface area contributed by atoms with Crippen molar-refractivity contribution >= 4 is 36.0 Å². The molecule has 0 saturated heterocycles. The first-order valence-electron chi connectivity index (χ1n) is 9.27. The summed E-state index contributed by atoms with van der Waals surface area (Å²) >= 11 is 1.37. The highest BCUT2D eigenvalue weighted by Crippen LogP contribution is 2.36. The van der Waals surface area contributed by atoms with Crippen LogP contribution in [0.15, 0.2) is 66.0 Å². The molecule has 1 N–H and O–H groups in total. The zero-order chi connectivity index (χ0) is 20.2. The van der Waals surface area contributed by atoms with Crippen LogP contribution in [0.3, 0.4) is 0 Å². The van der Waals surface area contributed by atoms with E-state index in [9.17, 15) is 4.79 Å². The highest BCUT2D eigenvalue weighted by molar-refractivity contribution is 7.09. The Morgan fingerprint density at radius 2 is 1.57 bits per heavy atom. The van der Waals surface area contributed by atoms with Gasteiger partial charge in [-0.2, -0.15) is 0 Å². The molecule has 0 unspecified atom stereocenters. The van der Waals surface area contributed by atoms with E-state index < -0.39 is 14.3 Å². The molecule has 4 nitrogen and oxygen atoms in total. The number of aromatic nitrogens is 1. The van der Waals surface area contributed by atoms with Gasteiger partial charge in [-0.15, -0.1) is 11.3 Å². The third-order valence-corrected chi connectivity index (χ3v) is 10.8. The maximum Gasteiger partial charge on any atom is 0.355 e. The lowest BCUT2D eigenvalue weighted by Gasteiger charge is -2.43. The van der Waals surface area contributed by atoms with Crippen LogP contribution in [0.2, 0.25) is 5.04 Å². The van der Waals surface area contributed by atoms with Crippen molar-refractivity contribution in [1.82, 2.24) is 4.98 Å². The molecular weight excluding hydrogens is 386 g/mol. The van der Waals surface area contributed by atoms with Gasteiger partial charge in [0.2, 0.25) is 0 Å². The molecule has 28 heavy (non-hydrogen) atoms. The third kappa shape index (κ3) is 4.09. The molecule has 2 aromatic carbocycles. The van der Waals surface area contributed by atoms with E-state index in [1.165, 1.54) is 21.7 Å². The van der Waals surface area contributed by atoms with E-state index in [4.69, 9.17) is 9.53 Å². The second-order valence-corrected chi connectivity index (χ2v) is 12.9. The summed E-state index contributed by atoms with van der Waals surface area (Å²) in [7, 11) is -2.56. The van der Waals surface area contributed by atoms with Crippen molar-refractivity contribution in [2.45, 2.75) is 32.2 Å². The summed E-state index contributed by atoms with van der Waals surface area (Å²) in [6.07, 6.45) is 0.600. The van der Waals surface area contributed by atoms with Crippen LogP contribution in [0.25, 0.3) is 0 Å². The van der Waals surface area contributed by atoms with Gasteiger partial charge in [-0.3, -0.25) is 0 Å². The van der Waals surface area contributed by atoms with Gasteiger partial charge in [0, 0.05) is 18.4 Å². The molecule has 1 heterocycles. The summed E-state index contributed by atoms with van der Waals surface area (Å²) in [6.45, 7) is 7.22. The molecule has 0 radical (unpaired) electrons. The Balaban J connectivity index is 1.95. The molecule has 0 atom stereocenters. The predicted octanol–water partition coefficient (Wildman–Crippen LogP) is 3.96. The van der Waals surface area contributed by atoms with E-state index in [1.807, 2.05) is 12.1 Å². The van der Waals surface area contributed by atoms with Crippen LogP contribution in [0.4, 0.5) is 0 Å². The number of carboxylic acids is 1. The highest BCUT2D eigenvalue weighted by Gasteiger charge is 2.49. The largest absolute Gasteiger partial charge is 0.476 e. The van der Waals surface area contributed by atoms with Gasteiger partial charge in [0.15, 0.2) is 5.69 Å². The van der Waals surface area contributed by atoms with E-state index in [0.717, 1.165) is 5.01 Å². The van der Waals surface area contributed by atoms with E-state index in [0.29, 0.717) is 13.0 Å². The van der Waals surface area contributed by atoms with Gasteiger partial charge in [-0.05, 0) is 15.4 Å². The van der Waals surface area contributed by atoms with Crippen LogP contribution >= 0.6 is 11.3 Å². The van der Waals surface area contributed by atoms with Crippen LogP contribution in [-0.2, 0) is 10.8 Å². The zero-order valence-corrected chi connectivity index (χ0v) is 18.2. The van der Waals surface area contributed by atoms with Gasteiger partial charge in [0.05, 0.1) is 5.01 Å². The topological polar surface area (TPSA) is 59.4 Å². The standard InChI is InChI=1S/C22H25NO3SSi/c1-22(2,3)28(17-10-6-4-7-11-17,18-12-8-5-9-13-18)26-15-14-20-23-19(16-27-20)21(24)25/h4-13,16H,14-15H2,1-3H3,(H,24,25). The van der Waals surface area contributed by atoms with Crippen LogP contribution in [-0.4, -0.2) is 31.0 Å². The van der Waals surface area contributed by atoms with Crippen LogP contribution in [0.5, 0.6) is 0 Å². The van der Waals surface area contributed by atoms with Gasteiger partial charge in [0.25, 0.3) is 8.32 Å². The third-order valence-electron chi connectivity index (χ3n) is 4.82. The first-order chi connectivity index (χ1) is 13.3. The Morgan fingerprint density at radius 3 is 2.00 bits per heavy atom. The van der Waals surface area contributed by atoms with Gasteiger partial charge in [-0.25, -0.2) is 9.78 Å². The van der Waals surface area contributed by atoms with Gasteiger partial charge < -0.3 is 9.53 Å². The fourth-order valence-electron chi connectivity index (χ4n) is 3.58. The average Bonchev–Trinajstić information content (AvgIpc) is 3.15. The van der Waals surface area contributed by atoms with Crippen molar-refractivity contribution < 1.29 is 14.3 Å². The minimum absolute atomic E-state index is 0.0786. The number of thiazole rings is 1. The predicted molar refractivity (Wildman–Crippen MR) is 116 cm³/mol. The summed E-state index contributed by atoms with van der Waals surface area (Å²) in [4.78, 5) is 15.3. The van der Waals surface area contributed by atoms with Crippen molar-refractivity contribution in [3.8, 4) is 0 Å².